The van der Waals surface area contributed by atoms with Crippen molar-refractivity contribution in [2.75, 3.05) is 29.6 Å². The van der Waals surface area contributed by atoms with Crippen molar-refractivity contribution in [1.82, 2.24) is 10.2 Å². The number of nitrogens with zero attached hydrogens (tertiary/aromatic N) is 2. The van der Waals surface area contributed by atoms with Gasteiger partial charge in [0.1, 0.15) is 13.2 Å². The number of anilines is 2. The van der Waals surface area contributed by atoms with E-state index in [1.54, 1.807) is 18.2 Å². The van der Waals surface area contributed by atoms with Gasteiger partial charge in [-0.1, -0.05) is 65.6 Å². The van der Waals surface area contributed by atoms with E-state index in [0.717, 1.165) is 16.3 Å². The zero-order chi connectivity index (χ0) is 23.3. The molecule has 34 heavy (non-hydrogen) atoms. The largest absolute Gasteiger partial charge is 0.486 e. The van der Waals surface area contributed by atoms with E-state index in [2.05, 4.69) is 20.8 Å². The van der Waals surface area contributed by atoms with Crippen molar-refractivity contribution in [1.29, 1.82) is 0 Å². The van der Waals surface area contributed by atoms with E-state index in [-0.39, 0.29) is 24.0 Å². The van der Waals surface area contributed by atoms with Crippen LogP contribution in [-0.4, -0.2) is 41.0 Å². The van der Waals surface area contributed by atoms with Crippen LogP contribution in [0.4, 0.5) is 10.8 Å². The predicted octanol–water partition coefficient (Wildman–Crippen LogP) is 4.37. The maximum absolute atomic E-state index is 12.5. The zero-order valence-corrected chi connectivity index (χ0v) is 19.6. The Morgan fingerprint density at radius 3 is 2.65 bits per heavy atom. The number of hydrogen-bond donors (Lipinski definition) is 2. The maximum Gasteiger partial charge on any atom is 0.234 e. The van der Waals surface area contributed by atoms with Gasteiger partial charge in [-0.05, 0) is 28.5 Å². The van der Waals surface area contributed by atoms with Gasteiger partial charge in [-0.15, -0.1) is 10.2 Å². The van der Waals surface area contributed by atoms with Crippen molar-refractivity contribution in [3.63, 3.8) is 0 Å². The molecule has 0 atom stereocenters. The minimum Gasteiger partial charge on any atom is -0.486 e. The van der Waals surface area contributed by atoms with Crippen molar-refractivity contribution < 1.29 is 19.1 Å². The second-order valence-corrected chi connectivity index (χ2v) is 9.63. The molecule has 0 aliphatic carbocycles. The molecule has 0 radical (unpaired) electrons. The lowest BCUT2D eigenvalue weighted by molar-refractivity contribution is -0.115. The number of carbonyl (C=O) groups is 2. The van der Waals surface area contributed by atoms with Crippen LogP contribution >= 0.6 is 23.1 Å². The number of rotatable bonds is 7. The van der Waals surface area contributed by atoms with Gasteiger partial charge in [0.2, 0.25) is 16.9 Å². The van der Waals surface area contributed by atoms with E-state index in [1.165, 1.54) is 23.1 Å². The molecule has 8 nitrogen and oxygen atoms in total. The third-order valence-electron chi connectivity index (χ3n) is 5.04. The molecule has 2 amide bonds. The number of hydrogen-bond acceptors (Lipinski definition) is 8. The van der Waals surface area contributed by atoms with Gasteiger partial charge < -0.3 is 20.1 Å². The lowest BCUT2D eigenvalue weighted by atomic mass is 10.0. The smallest absolute Gasteiger partial charge is 0.234 e. The highest BCUT2D eigenvalue weighted by molar-refractivity contribution is 8.01. The Morgan fingerprint density at radius 1 is 0.912 bits per heavy atom. The number of nitrogens with one attached hydrogen (secondary N) is 2. The summed E-state index contributed by atoms with van der Waals surface area (Å²) in [5, 5.41) is 16.3. The van der Waals surface area contributed by atoms with Crippen molar-refractivity contribution in [3.05, 3.63) is 66.2 Å². The summed E-state index contributed by atoms with van der Waals surface area (Å²) in [6, 6.07) is 19.2. The average molecular weight is 493 g/mol. The van der Waals surface area contributed by atoms with E-state index in [9.17, 15) is 9.59 Å². The van der Waals surface area contributed by atoms with Gasteiger partial charge in [-0.2, -0.15) is 0 Å². The molecule has 10 heteroatoms. The Hall–Kier alpha value is -3.63. The minimum absolute atomic E-state index is 0.160. The van der Waals surface area contributed by atoms with Crippen molar-refractivity contribution >= 4 is 56.5 Å². The summed E-state index contributed by atoms with van der Waals surface area (Å²) < 4.78 is 11.6. The second kappa shape index (κ2) is 10.1. The third-order valence-corrected chi connectivity index (χ3v) is 7.01. The van der Waals surface area contributed by atoms with Crippen molar-refractivity contribution in [2.24, 2.45) is 0 Å². The van der Waals surface area contributed by atoms with E-state index < -0.39 is 0 Å². The van der Waals surface area contributed by atoms with Crippen LogP contribution in [0, 0.1) is 0 Å². The average Bonchev–Trinajstić information content (AvgIpc) is 3.30. The first-order valence-corrected chi connectivity index (χ1v) is 12.4. The first kappa shape index (κ1) is 22.2. The number of amides is 2. The molecule has 2 heterocycles. The molecule has 0 spiro atoms. The van der Waals surface area contributed by atoms with Gasteiger partial charge in [-0.25, -0.2) is 0 Å². The fraction of sp³-hybridized carbons (Fsp3) is 0.167. The van der Waals surface area contributed by atoms with Gasteiger partial charge in [0.25, 0.3) is 0 Å². The number of thioether (sulfide) groups is 1. The fourth-order valence-corrected chi connectivity index (χ4v) is 5.12. The van der Waals surface area contributed by atoms with Crippen LogP contribution < -0.4 is 20.1 Å². The molecule has 4 aromatic rings. The van der Waals surface area contributed by atoms with Crippen LogP contribution in [0.1, 0.15) is 5.56 Å². The maximum atomic E-state index is 12.5. The van der Waals surface area contributed by atoms with Gasteiger partial charge in [0.05, 0.1) is 12.2 Å². The number of carbonyl (C=O) groups excluding carboxylic acids is 2. The van der Waals surface area contributed by atoms with E-state index >= 15 is 0 Å². The van der Waals surface area contributed by atoms with Crippen molar-refractivity contribution in [3.8, 4) is 11.5 Å². The normalized spacial score (nSPS) is 12.4. The highest BCUT2D eigenvalue weighted by atomic mass is 32.2. The number of ether oxygens (including phenoxy) is 2. The van der Waals surface area contributed by atoms with Crippen LogP contribution in [-0.2, 0) is 16.0 Å². The van der Waals surface area contributed by atoms with Gasteiger partial charge in [0.15, 0.2) is 15.8 Å². The number of aromatic nitrogens is 2. The summed E-state index contributed by atoms with van der Waals surface area (Å²) in [5.41, 5.74) is 1.58. The van der Waals surface area contributed by atoms with Crippen LogP contribution in [0.15, 0.2) is 65.0 Å². The molecule has 0 fully saturated rings. The Bertz CT molecular complexity index is 1350. The van der Waals surface area contributed by atoms with Crippen molar-refractivity contribution in [2.45, 2.75) is 10.8 Å². The second-order valence-electron chi connectivity index (χ2n) is 7.43. The Morgan fingerprint density at radius 2 is 1.74 bits per heavy atom. The van der Waals surface area contributed by atoms with Crippen LogP contribution in [0.3, 0.4) is 0 Å². The lowest BCUT2D eigenvalue weighted by Crippen LogP contribution is -2.17. The Labute approximate surface area is 203 Å². The molecule has 0 saturated heterocycles. The number of fused-ring (bicyclic) bond motifs is 2. The van der Waals surface area contributed by atoms with E-state index in [0.29, 0.717) is 39.9 Å². The zero-order valence-electron chi connectivity index (χ0n) is 17.9. The van der Waals surface area contributed by atoms with Gasteiger partial charge >= 0.3 is 0 Å². The topological polar surface area (TPSA) is 102 Å². The summed E-state index contributed by atoms with van der Waals surface area (Å²) in [6.45, 7) is 1.00. The molecule has 1 aromatic heterocycles. The molecular weight excluding hydrogens is 472 g/mol. The van der Waals surface area contributed by atoms with Crippen LogP contribution in [0.5, 0.6) is 11.5 Å². The number of benzene rings is 3. The Balaban J connectivity index is 1.13. The Kier molecular flexibility index (Phi) is 6.59. The molecule has 0 saturated carbocycles. The first-order valence-electron chi connectivity index (χ1n) is 10.6. The first-order chi connectivity index (χ1) is 16.6. The highest BCUT2D eigenvalue weighted by Crippen LogP contribution is 2.33. The monoisotopic (exact) mass is 492 g/mol. The molecule has 5 rings (SSSR count). The van der Waals surface area contributed by atoms with Crippen LogP contribution in [0.25, 0.3) is 10.8 Å². The quantitative estimate of drug-likeness (QED) is 0.292. The van der Waals surface area contributed by atoms with Crippen LogP contribution in [0.2, 0.25) is 0 Å². The molecule has 172 valence electrons. The van der Waals surface area contributed by atoms with Gasteiger partial charge in [-0.3, -0.25) is 9.59 Å². The highest BCUT2D eigenvalue weighted by Gasteiger charge is 2.15. The molecule has 2 N–H and O–H groups in total. The lowest BCUT2D eigenvalue weighted by Gasteiger charge is -2.18. The van der Waals surface area contributed by atoms with E-state index in [4.69, 9.17) is 9.47 Å². The van der Waals surface area contributed by atoms with E-state index in [1.807, 2.05) is 42.5 Å². The minimum atomic E-state index is -0.182. The summed E-state index contributed by atoms with van der Waals surface area (Å²) in [6.07, 6.45) is 0.237. The molecule has 1 aliphatic heterocycles. The molecular formula is C24H20N4O4S2. The SMILES string of the molecule is O=C(CSc1nnc(NC(=O)Cc2cccc3ccccc23)s1)Nc1ccc2c(c1)OCCO2. The molecule has 0 unspecified atom stereocenters. The summed E-state index contributed by atoms with van der Waals surface area (Å²) in [4.78, 5) is 24.9. The summed E-state index contributed by atoms with van der Waals surface area (Å²) >= 11 is 2.49. The summed E-state index contributed by atoms with van der Waals surface area (Å²) in [5.74, 6) is 1.10. The standard InChI is InChI=1S/C24H20N4O4S2/c29-21(12-16-6-3-5-15-4-1-2-7-18(15)16)26-23-27-28-24(34-23)33-14-22(30)25-17-8-9-19-20(13-17)32-11-10-31-19/h1-9,13H,10-12,14H2,(H,25,30)(H,26,27,29). The molecule has 1 aliphatic rings. The molecule has 0 bridgehead atoms. The predicted molar refractivity (Wildman–Crippen MR) is 133 cm³/mol. The third kappa shape index (κ3) is 5.29. The summed E-state index contributed by atoms with van der Waals surface area (Å²) in [7, 11) is 0. The molecule has 3 aromatic carbocycles. The fourth-order valence-electron chi connectivity index (χ4n) is 3.55. The van der Waals surface area contributed by atoms with Gasteiger partial charge in [0, 0.05) is 11.8 Å².